The van der Waals surface area contributed by atoms with Crippen LogP contribution in [0.3, 0.4) is 0 Å². The van der Waals surface area contributed by atoms with Crippen LogP contribution in [0.25, 0.3) is 0 Å². The number of morpholine rings is 1. The Labute approximate surface area is 128 Å². The number of rotatable bonds is 2. The van der Waals surface area contributed by atoms with Gasteiger partial charge < -0.3 is 4.74 Å². The highest BCUT2D eigenvalue weighted by molar-refractivity contribution is 7.92. The lowest BCUT2D eigenvalue weighted by molar-refractivity contribution is -0.0141. The fraction of sp³-hybridized carbons (Fsp3) is 0.500. The molecule has 0 aliphatic carbocycles. The third-order valence-corrected chi connectivity index (χ3v) is 7.58. The normalized spacial score (nSPS) is 29.2. The molecule has 116 valence electrons. The van der Waals surface area contributed by atoms with Gasteiger partial charge in [0.15, 0.2) is 9.84 Å². The van der Waals surface area contributed by atoms with E-state index in [1.54, 1.807) is 0 Å². The number of benzene rings is 1. The quantitative estimate of drug-likeness (QED) is 0.776. The molecule has 3 rings (SSSR count). The molecule has 0 spiro atoms. The SMILES string of the molecule is O=S1(=O)CC2OCCN(S(=O)(=O)c3ccc(Cl)cc3)C2C1. The van der Waals surface area contributed by atoms with Gasteiger partial charge in [0.05, 0.1) is 35.2 Å². The number of halogens is 1. The minimum atomic E-state index is -3.75. The first-order valence-corrected chi connectivity index (χ1v) is 10.0. The number of hydrogen-bond donors (Lipinski definition) is 0. The van der Waals surface area contributed by atoms with Gasteiger partial charge in [-0.15, -0.1) is 0 Å². The molecule has 2 saturated heterocycles. The standard InChI is InChI=1S/C12H14ClNO5S2/c13-9-1-3-10(4-2-9)21(17,18)14-5-6-19-12-8-20(15,16)7-11(12)14/h1-4,11-12H,5-8H2. The minimum absolute atomic E-state index is 0.108. The summed E-state index contributed by atoms with van der Waals surface area (Å²) in [5, 5.41) is 0.442. The maximum absolute atomic E-state index is 12.7. The van der Waals surface area contributed by atoms with Crippen molar-refractivity contribution in [1.29, 1.82) is 0 Å². The summed E-state index contributed by atoms with van der Waals surface area (Å²) in [7, 11) is -7.02. The second-order valence-corrected chi connectivity index (χ2v) is 9.60. The zero-order chi connectivity index (χ0) is 15.3. The van der Waals surface area contributed by atoms with Gasteiger partial charge in [0.25, 0.3) is 0 Å². The van der Waals surface area contributed by atoms with Crippen LogP contribution in [-0.2, 0) is 24.6 Å². The van der Waals surface area contributed by atoms with Crippen LogP contribution < -0.4 is 0 Å². The summed E-state index contributed by atoms with van der Waals surface area (Å²) in [4.78, 5) is 0.108. The molecule has 1 aromatic rings. The summed E-state index contributed by atoms with van der Waals surface area (Å²) in [6.07, 6.45) is -0.578. The fourth-order valence-electron chi connectivity index (χ4n) is 2.72. The first-order chi connectivity index (χ1) is 9.79. The predicted molar refractivity (Wildman–Crippen MR) is 77.5 cm³/mol. The summed E-state index contributed by atoms with van der Waals surface area (Å²) in [5.41, 5.74) is 0. The summed E-state index contributed by atoms with van der Waals surface area (Å²) in [5.74, 6) is -0.311. The summed E-state index contributed by atoms with van der Waals surface area (Å²) < 4.78 is 55.5. The molecule has 2 fully saturated rings. The van der Waals surface area contributed by atoms with Crippen LogP contribution in [0, 0.1) is 0 Å². The molecule has 0 saturated carbocycles. The van der Waals surface area contributed by atoms with Crippen LogP contribution in [0.15, 0.2) is 29.2 Å². The van der Waals surface area contributed by atoms with E-state index in [0.29, 0.717) is 5.02 Å². The van der Waals surface area contributed by atoms with Crippen LogP contribution in [0.4, 0.5) is 0 Å². The molecule has 0 N–H and O–H groups in total. The van der Waals surface area contributed by atoms with E-state index in [-0.39, 0.29) is 29.6 Å². The van der Waals surface area contributed by atoms with E-state index >= 15 is 0 Å². The van der Waals surface area contributed by atoms with Gasteiger partial charge in [0, 0.05) is 11.6 Å². The second-order valence-electron chi connectivity index (χ2n) is 5.12. The highest BCUT2D eigenvalue weighted by Gasteiger charge is 2.48. The van der Waals surface area contributed by atoms with Gasteiger partial charge in [0.2, 0.25) is 10.0 Å². The molecule has 1 aromatic carbocycles. The Kier molecular flexibility index (Phi) is 3.77. The van der Waals surface area contributed by atoms with Crippen LogP contribution in [-0.4, -0.2) is 57.9 Å². The zero-order valence-electron chi connectivity index (χ0n) is 11.0. The Balaban J connectivity index is 1.96. The molecule has 2 unspecified atom stereocenters. The van der Waals surface area contributed by atoms with E-state index in [9.17, 15) is 16.8 Å². The van der Waals surface area contributed by atoms with Crippen molar-refractivity contribution in [3.63, 3.8) is 0 Å². The van der Waals surface area contributed by atoms with Crippen LogP contribution in [0.1, 0.15) is 0 Å². The average Bonchev–Trinajstić information content (AvgIpc) is 2.72. The van der Waals surface area contributed by atoms with Gasteiger partial charge in [0.1, 0.15) is 0 Å². The monoisotopic (exact) mass is 351 g/mol. The van der Waals surface area contributed by atoms with Gasteiger partial charge in [-0.2, -0.15) is 4.31 Å². The molecular formula is C12H14ClNO5S2. The van der Waals surface area contributed by atoms with E-state index in [0.717, 1.165) is 0 Å². The Morgan fingerprint density at radius 3 is 2.52 bits per heavy atom. The molecule has 9 heteroatoms. The number of hydrogen-bond acceptors (Lipinski definition) is 5. The van der Waals surface area contributed by atoms with Crippen molar-refractivity contribution in [1.82, 2.24) is 4.31 Å². The number of sulfone groups is 1. The highest BCUT2D eigenvalue weighted by atomic mass is 35.5. The molecule has 2 atom stereocenters. The van der Waals surface area contributed by atoms with Crippen molar-refractivity contribution in [2.45, 2.75) is 17.0 Å². The summed E-state index contributed by atoms with van der Waals surface area (Å²) >= 11 is 5.77. The smallest absolute Gasteiger partial charge is 0.243 e. The lowest BCUT2D eigenvalue weighted by Gasteiger charge is -2.35. The molecule has 0 aromatic heterocycles. The third kappa shape index (κ3) is 2.83. The van der Waals surface area contributed by atoms with Crippen molar-refractivity contribution in [3.8, 4) is 0 Å². The number of ether oxygens (including phenoxy) is 1. The van der Waals surface area contributed by atoms with E-state index in [4.69, 9.17) is 16.3 Å². The topological polar surface area (TPSA) is 80.8 Å². The van der Waals surface area contributed by atoms with E-state index < -0.39 is 32.0 Å². The van der Waals surface area contributed by atoms with E-state index in [2.05, 4.69) is 0 Å². The lowest BCUT2D eigenvalue weighted by Crippen LogP contribution is -2.53. The molecular weight excluding hydrogens is 338 g/mol. The predicted octanol–water partition coefficient (Wildman–Crippen LogP) is 0.527. The molecule has 2 heterocycles. The number of sulfonamides is 1. The van der Waals surface area contributed by atoms with Gasteiger partial charge in [-0.05, 0) is 24.3 Å². The first kappa shape index (κ1) is 15.2. The maximum atomic E-state index is 12.7. The van der Waals surface area contributed by atoms with Crippen molar-refractivity contribution in [2.75, 3.05) is 24.7 Å². The molecule has 21 heavy (non-hydrogen) atoms. The fourth-order valence-corrected chi connectivity index (χ4v) is 6.45. The van der Waals surface area contributed by atoms with Crippen molar-refractivity contribution >= 4 is 31.5 Å². The van der Waals surface area contributed by atoms with E-state index in [1.165, 1.54) is 28.6 Å². The Hall–Kier alpha value is -0.670. The van der Waals surface area contributed by atoms with Gasteiger partial charge in [-0.1, -0.05) is 11.6 Å². The first-order valence-electron chi connectivity index (χ1n) is 6.39. The summed E-state index contributed by atoms with van der Waals surface area (Å²) in [6.45, 7) is 0.352. The van der Waals surface area contributed by atoms with Crippen molar-refractivity contribution in [2.24, 2.45) is 0 Å². The summed E-state index contributed by atoms with van der Waals surface area (Å²) in [6, 6.07) is 5.19. The van der Waals surface area contributed by atoms with Crippen LogP contribution in [0.2, 0.25) is 5.02 Å². The van der Waals surface area contributed by atoms with Gasteiger partial charge in [-0.3, -0.25) is 0 Å². The molecule has 6 nitrogen and oxygen atoms in total. The Morgan fingerprint density at radius 2 is 1.86 bits per heavy atom. The lowest BCUT2D eigenvalue weighted by atomic mass is 10.2. The van der Waals surface area contributed by atoms with Crippen LogP contribution >= 0.6 is 11.6 Å². The highest BCUT2D eigenvalue weighted by Crippen LogP contribution is 2.29. The Morgan fingerprint density at radius 1 is 1.19 bits per heavy atom. The van der Waals surface area contributed by atoms with Crippen LogP contribution in [0.5, 0.6) is 0 Å². The molecule has 0 bridgehead atoms. The average molecular weight is 352 g/mol. The molecule has 2 aliphatic rings. The van der Waals surface area contributed by atoms with Gasteiger partial charge in [-0.25, -0.2) is 16.8 Å². The third-order valence-electron chi connectivity index (χ3n) is 3.71. The zero-order valence-corrected chi connectivity index (χ0v) is 13.4. The minimum Gasteiger partial charge on any atom is -0.374 e. The van der Waals surface area contributed by atoms with Crippen molar-refractivity contribution in [3.05, 3.63) is 29.3 Å². The van der Waals surface area contributed by atoms with Crippen molar-refractivity contribution < 1.29 is 21.6 Å². The largest absolute Gasteiger partial charge is 0.374 e. The number of nitrogens with zero attached hydrogens (tertiary/aromatic N) is 1. The van der Waals surface area contributed by atoms with E-state index in [1.807, 2.05) is 0 Å². The number of fused-ring (bicyclic) bond motifs is 1. The molecule has 0 amide bonds. The molecule has 0 radical (unpaired) electrons. The molecule has 2 aliphatic heterocycles. The maximum Gasteiger partial charge on any atom is 0.243 e. The second kappa shape index (κ2) is 5.20. The Bertz CT molecular complexity index is 744. The van der Waals surface area contributed by atoms with Gasteiger partial charge >= 0.3 is 0 Å².